The summed E-state index contributed by atoms with van der Waals surface area (Å²) < 4.78 is 2.28. The van der Waals surface area contributed by atoms with E-state index in [2.05, 4.69) is 146 Å². The van der Waals surface area contributed by atoms with Gasteiger partial charge in [-0.1, -0.05) is 72.3 Å². The zero-order valence-corrected chi connectivity index (χ0v) is 24.4. The van der Waals surface area contributed by atoms with Crippen molar-refractivity contribution >= 4 is 38.6 Å². The number of fused-ring (bicyclic) bond motifs is 3. The van der Waals surface area contributed by atoms with Crippen molar-refractivity contribution in [1.29, 1.82) is 5.26 Å². The van der Waals surface area contributed by atoms with E-state index in [0.717, 1.165) is 33.2 Å². The van der Waals surface area contributed by atoms with Gasteiger partial charge in [0.05, 0.1) is 22.7 Å². The van der Waals surface area contributed by atoms with E-state index in [-0.39, 0.29) is 0 Å². The van der Waals surface area contributed by atoms with Gasteiger partial charge in [-0.15, -0.1) is 0 Å². The smallest absolute Gasteiger partial charge is 0.0991 e. The van der Waals surface area contributed by atoms with Gasteiger partial charge in [0.15, 0.2) is 0 Å². The molecule has 6 rings (SSSR count). The third-order valence-electron chi connectivity index (χ3n) is 7.94. The van der Waals surface area contributed by atoms with Crippen LogP contribution in [0.2, 0.25) is 0 Å². The van der Waals surface area contributed by atoms with E-state index in [1.54, 1.807) is 0 Å². The van der Waals surface area contributed by atoms with Crippen molar-refractivity contribution in [3.05, 3.63) is 144 Å². The van der Waals surface area contributed by atoms with Gasteiger partial charge in [-0.3, -0.25) is 0 Å². The minimum absolute atomic E-state index is 0.663. The fourth-order valence-corrected chi connectivity index (χ4v) is 5.71. The lowest BCUT2D eigenvalue weighted by Crippen LogP contribution is -1.94. The number of benzene rings is 5. The molecule has 1 heterocycles. The average molecular weight is 544 g/mol. The third-order valence-corrected chi connectivity index (χ3v) is 7.94. The molecule has 3 nitrogen and oxygen atoms in total. The maximum Gasteiger partial charge on any atom is 0.0991 e. The number of nitrogens with one attached hydrogen (secondary N) is 1. The van der Waals surface area contributed by atoms with Crippen molar-refractivity contribution in [3.63, 3.8) is 0 Å². The Morgan fingerprint density at radius 2 is 1.38 bits per heavy atom. The Morgan fingerprint density at radius 3 is 2.07 bits per heavy atom. The van der Waals surface area contributed by atoms with Crippen LogP contribution in [-0.4, -0.2) is 11.6 Å². The number of nitriles is 1. The van der Waals surface area contributed by atoms with E-state index < -0.39 is 0 Å². The van der Waals surface area contributed by atoms with Gasteiger partial charge in [-0.25, -0.2) is 0 Å². The molecule has 0 atom stereocenters. The predicted molar refractivity (Wildman–Crippen MR) is 179 cm³/mol. The Labute approximate surface area is 247 Å². The van der Waals surface area contributed by atoms with Crippen LogP contribution in [0.3, 0.4) is 0 Å². The molecule has 0 saturated heterocycles. The third kappa shape index (κ3) is 5.00. The molecule has 0 aliphatic rings. The van der Waals surface area contributed by atoms with E-state index in [0.29, 0.717) is 5.56 Å². The number of nitrogens with zero attached hydrogens (tertiary/aromatic N) is 2. The lowest BCUT2D eigenvalue weighted by atomic mass is 9.94. The van der Waals surface area contributed by atoms with E-state index >= 15 is 0 Å². The summed E-state index contributed by atoms with van der Waals surface area (Å²) in [5.41, 5.74) is 13.6. The second-order valence-corrected chi connectivity index (χ2v) is 10.9. The Morgan fingerprint density at radius 1 is 0.690 bits per heavy atom. The summed E-state index contributed by atoms with van der Waals surface area (Å²) in [7, 11) is 1.93. The lowest BCUT2D eigenvalue weighted by Gasteiger charge is -2.12. The monoisotopic (exact) mass is 543 g/mol. The zero-order valence-electron chi connectivity index (χ0n) is 24.4. The van der Waals surface area contributed by atoms with Gasteiger partial charge in [0.2, 0.25) is 0 Å². The highest BCUT2D eigenvalue weighted by atomic mass is 15.0. The molecule has 1 aromatic heterocycles. The average Bonchev–Trinajstić information content (AvgIpc) is 3.36. The first-order valence-corrected chi connectivity index (χ1v) is 14.3. The molecule has 1 N–H and O–H groups in total. The normalized spacial score (nSPS) is 11.5. The highest BCUT2D eigenvalue weighted by Crippen LogP contribution is 2.35. The van der Waals surface area contributed by atoms with E-state index in [1.165, 1.54) is 39.0 Å². The molecular formula is C39H33N3. The Kier molecular flexibility index (Phi) is 7.21. The van der Waals surface area contributed by atoms with Crippen molar-refractivity contribution < 1.29 is 0 Å². The fourth-order valence-electron chi connectivity index (χ4n) is 5.71. The maximum absolute atomic E-state index is 9.54. The molecular weight excluding hydrogens is 510 g/mol. The number of hydrogen-bond donors (Lipinski definition) is 1. The fraction of sp³-hybridized carbons (Fsp3) is 0.103. The van der Waals surface area contributed by atoms with Gasteiger partial charge in [0.1, 0.15) is 0 Å². The molecule has 0 radical (unpaired) electrons. The standard InChI is InChI=1S/C39H33N3/c1-26(2)35(21-27(3)29-9-6-5-7-10-29)32-12-8-11-31(23-32)30-14-17-34(18-15-30)42-38-19-13-28(25-40)22-36(38)37-24-33(41-4)16-20-39(37)42/h5-24,41H,1-4H3/b27-21+. The number of anilines is 1. The predicted octanol–water partition coefficient (Wildman–Crippen LogP) is 10.3. The first kappa shape index (κ1) is 26.9. The van der Waals surface area contributed by atoms with Crippen LogP contribution in [0.25, 0.3) is 49.8 Å². The Balaban J connectivity index is 1.40. The van der Waals surface area contributed by atoms with E-state index in [4.69, 9.17) is 0 Å². The summed E-state index contributed by atoms with van der Waals surface area (Å²) in [6.45, 7) is 6.53. The molecule has 204 valence electrons. The summed E-state index contributed by atoms with van der Waals surface area (Å²) in [6, 6.07) is 42.7. The molecule has 42 heavy (non-hydrogen) atoms. The van der Waals surface area contributed by atoms with Crippen molar-refractivity contribution in [2.24, 2.45) is 0 Å². The summed E-state index contributed by atoms with van der Waals surface area (Å²) >= 11 is 0. The molecule has 5 aromatic carbocycles. The van der Waals surface area contributed by atoms with Crippen molar-refractivity contribution in [3.8, 4) is 22.9 Å². The number of aromatic nitrogens is 1. The largest absolute Gasteiger partial charge is 0.388 e. The summed E-state index contributed by atoms with van der Waals surface area (Å²) in [6.07, 6.45) is 2.30. The van der Waals surface area contributed by atoms with Gasteiger partial charge in [-0.2, -0.15) is 5.26 Å². The van der Waals surface area contributed by atoms with Crippen molar-refractivity contribution in [2.45, 2.75) is 20.8 Å². The second kappa shape index (κ2) is 11.3. The van der Waals surface area contributed by atoms with Gasteiger partial charge in [-0.05, 0) is 109 Å². The number of allylic oxidation sites excluding steroid dienone is 4. The van der Waals surface area contributed by atoms with Crippen LogP contribution in [0.15, 0.2) is 127 Å². The van der Waals surface area contributed by atoms with Crippen LogP contribution in [0.1, 0.15) is 37.5 Å². The van der Waals surface area contributed by atoms with E-state index in [1.807, 2.05) is 19.2 Å². The van der Waals surface area contributed by atoms with Crippen LogP contribution in [-0.2, 0) is 0 Å². The molecule has 0 amide bonds. The van der Waals surface area contributed by atoms with Crippen LogP contribution in [0.4, 0.5) is 5.69 Å². The van der Waals surface area contributed by atoms with Crippen LogP contribution >= 0.6 is 0 Å². The molecule has 0 spiro atoms. The first-order valence-electron chi connectivity index (χ1n) is 14.3. The lowest BCUT2D eigenvalue weighted by molar-refractivity contribution is 1.18. The number of hydrogen-bond acceptors (Lipinski definition) is 2. The maximum atomic E-state index is 9.54. The molecule has 3 heteroatoms. The van der Waals surface area contributed by atoms with Gasteiger partial charge in [0.25, 0.3) is 0 Å². The SMILES string of the molecule is CNc1ccc2c(c1)c1cc(C#N)ccc1n2-c1ccc(-c2cccc(C(/C=C(\C)c3ccccc3)=C(C)C)c2)cc1. The zero-order chi connectivity index (χ0) is 29.2. The van der Waals surface area contributed by atoms with Gasteiger partial charge >= 0.3 is 0 Å². The minimum atomic E-state index is 0.663. The molecule has 0 unspecified atom stereocenters. The van der Waals surface area contributed by atoms with Crippen LogP contribution in [0.5, 0.6) is 0 Å². The highest BCUT2D eigenvalue weighted by Gasteiger charge is 2.14. The summed E-state index contributed by atoms with van der Waals surface area (Å²) in [5.74, 6) is 0. The molecule has 0 bridgehead atoms. The highest BCUT2D eigenvalue weighted by molar-refractivity contribution is 6.10. The van der Waals surface area contributed by atoms with Crippen molar-refractivity contribution in [1.82, 2.24) is 4.57 Å². The summed E-state index contributed by atoms with van der Waals surface area (Å²) in [4.78, 5) is 0. The molecule has 0 saturated carbocycles. The molecule has 6 aromatic rings. The first-order chi connectivity index (χ1) is 20.5. The Bertz CT molecular complexity index is 2030. The second-order valence-electron chi connectivity index (χ2n) is 10.9. The minimum Gasteiger partial charge on any atom is -0.388 e. The molecule has 0 aliphatic carbocycles. The quantitative estimate of drug-likeness (QED) is 0.212. The molecule has 0 fully saturated rings. The van der Waals surface area contributed by atoms with E-state index in [9.17, 15) is 5.26 Å². The van der Waals surface area contributed by atoms with Gasteiger partial charge in [0, 0.05) is 29.2 Å². The Hall–Kier alpha value is -5.33. The topological polar surface area (TPSA) is 40.8 Å². The van der Waals surface area contributed by atoms with Gasteiger partial charge < -0.3 is 9.88 Å². The summed E-state index contributed by atoms with van der Waals surface area (Å²) in [5, 5.41) is 15.0. The number of rotatable bonds is 6. The van der Waals surface area contributed by atoms with Crippen LogP contribution in [0, 0.1) is 11.3 Å². The van der Waals surface area contributed by atoms with Crippen molar-refractivity contribution in [2.75, 3.05) is 12.4 Å². The van der Waals surface area contributed by atoms with Crippen LogP contribution < -0.4 is 5.32 Å². The molecule has 0 aliphatic heterocycles.